The normalized spacial score (nSPS) is 12.6. The zero-order valence-corrected chi connectivity index (χ0v) is 35.2. The van der Waals surface area contributed by atoms with Crippen molar-refractivity contribution in [2.45, 2.75) is 213 Å². The van der Waals surface area contributed by atoms with Crippen molar-refractivity contribution in [2.75, 3.05) is 13.2 Å². The third-order valence-electron chi connectivity index (χ3n) is 9.24. The molecular formula is C48H82O6. The fourth-order valence-electron chi connectivity index (χ4n) is 5.89. The summed E-state index contributed by atoms with van der Waals surface area (Å²) >= 11 is 0. The molecule has 0 aromatic rings. The average molecular weight is 755 g/mol. The average Bonchev–Trinajstić information content (AvgIpc) is 3.17. The van der Waals surface area contributed by atoms with Crippen molar-refractivity contribution < 1.29 is 28.6 Å². The SMILES string of the molecule is CC/C=C\C/C=C\CCCCCCCCCC(=O)OCC(COC(=O)CCC/C=C\CCCCCC)OC(=O)CC/C=C\C/C=C\CCCCCCCC. The molecule has 0 N–H and O–H groups in total. The second-order valence-corrected chi connectivity index (χ2v) is 14.6. The first-order valence-corrected chi connectivity index (χ1v) is 22.3. The van der Waals surface area contributed by atoms with E-state index in [1.165, 1.54) is 89.9 Å². The molecule has 1 unspecified atom stereocenters. The van der Waals surface area contributed by atoms with Crippen LogP contribution in [-0.2, 0) is 28.6 Å². The van der Waals surface area contributed by atoms with Crippen LogP contribution in [0.15, 0.2) is 60.8 Å². The van der Waals surface area contributed by atoms with E-state index in [-0.39, 0.29) is 37.5 Å². The van der Waals surface area contributed by atoms with Crippen molar-refractivity contribution in [3.8, 4) is 0 Å². The Hall–Kier alpha value is -2.89. The third kappa shape index (κ3) is 40.3. The maximum Gasteiger partial charge on any atom is 0.306 e. The van der Waals surface area contributed by atoms with E-state index in [2.05, 4.69) is 75.5 Å². The number of hydrogen-bond acceptors (Lipinski definition) is 6. The van der Waals surface area contributed by atoms with E-state index < -0.39 is 6.10 Å². The van der Waals surface area contributed by atoms with Crippen LogP contribution < -0.4 is 0 Å². The van der Waals surface area contributed by atoms with E-state index in [0.717, 1.165) is 64.2 Å². The summed E-state index contributed by atoms with van der Waals surface area (Å²) in [5, 5.41) is 0. The first-order valence-electron chi connectivity index (χ1n) is 22.3. The van der Waals surface area contributed by atoms with Crippen LogP contribution in [0.3, 0.4) is 0 Å². The molecule has 6 nitrogen and oxygen atoms in total. The van der Waals surface area contributed by atoms with Gasteiger partial charge in [-0.25, -0.2) is 0 Å². The van der Waals surface area contributed by atoms with Crippen molar-refractivity contribution in [3.63, 3.8) is 0 Å². The van der Waals surface area contributed by atoms with Gasteiger partial charge in [-0.15, -0.1) is 0 Å². The molecule has 0 aromatic heterocycles. The highest BCUT2D eigenvalue weighted by Crippen LogP contribution is 2.12. The van der Waals surface area contributed by atoms with Gasteiger partial charge in [-0.2, -0.15) is 0 Å². The van der Waals surface area contributed by atoms with Gasteiger partial charge in [-0.1, -0.05) is 165 Å². The molecule has 0 bridgehead atoms. The van der Waals surface area contributed by atoms with Crippen LogP contribution in [-0.4, -0.2) is 37.2 Å². The maximum absolute atomic E-state index is 12.7. The predicted octanol–water partition coefficient (Wildman–Crippen LogP) is 14.1. The standard InChI is InChI=1S/C48H82O6/c1-4-7-10-13-16-19-21-23-25-26-29-32-35-38-41-47(50)53-44-45(43-52-46(49)40-37-34-31-28-18-15-12-9-6-3)54-48(51)42-39-36-33-30-27-24-22-20-17-14-11-8-5-2/h7,10,16,19,24,27-28,31,33,36,45H,4-6,8-9,11-15,17-18,20-23,25-26,29-30,32,34-35,37-44H2,1-3H3/b10-7-,19-16-,27-24-,31-28-,36-33-. The predicted molar refractivity (Wildman–Crippen MR) is 228 cm³/mol. The van der Waals surface area contributed by atoms with E-state index in [9.17, 15) is 14.4 Å². The van der Waals surface area contributed by atoms with E-state index in [1.807, 2.05) is 6.08 Å². The molecule has 0 aliphatic rings. The molecule has 1 atom stereocenters. The fraction of sp³-hybridized carbons (Fsp3) is 0.729. The summed E-state index contributed by atoms with van der Waals surface area (Å²) < 4.78 is 16.6. The van der Waals surface area contributed by atoms with Crippen molar-refractivity contribution >= 4 is 17.9 Å². The minimum Gasteiger partial charge on any atom is -0.462 e. The molecule has 6 heteroatoms. The van der Waals surface area contributed by atoms with Crippen LogP contribution in [0.4, 0.5) is 0 Å². The minimum atomic E-state index is -0.815. The highest BCUT2D eigenvalue weighted by molar-refractivity contribution is 5.71. The van der Waals surface area contributed by atoms with E-state index in [1.54, 1.807) is 0 Å². The first kappa shape index (κ1) is 51.1. The Balaban J connectivity index is 4.47. The number of esters is 3. The molecule has 0 amide bonds. The molecule has 54 heavy (non-hydrogen) atoms. The Bertz CT molecular complexity index is 1010. The Labute approximate surface area is 332 Å². The number of hydrogen-bond donors (Lipinski definition) is 0. The van der Waals surface area contributed by atoms with Crippen molar-refractivity contribution in [1.82, 2.24) is 0 Å². The Morgan fingerprint density at radius 2 is 0.778 bits per heavy atom. The molecule has 0 aliphatic heterocycles. The summed E-state index contributed by atoms with van der Waals surface area (Å²) in [4.78, 5) is 37.6. The molecule has 0 rings (SSSR count). The molecule has 0 saturated heterocycles. The molecule has 0 aromatic carbocycles. The van der Waals surface area contributed by atoms with Crippen LogP contribution in [0.1, 0.15) is 207 Å². The molecule has 0 radical (unpaired) electrons. The highest BCUT2D eigenvalue weighted by Gasteiger charge is 2.19. The van der Waals surface area contributed by atoms with Gasteiger partial charge in [0.25, 0.3) is 0 Å². The molecule has 0 saturated carbocycles. The van der Waals surface area contributed by atoms with Crippen LogP contribution in [0.5, 0.6) is 0 Å². The van der Waals surface area contributed by atoms with E-state index in [0.29, 0.717) is 25.7 Å². The lowest BCUT2D eigenvalue weighted by atomic mass is 10.1. The number of carbonyl (C=O) groups is 3. The molecule has 0 aliphatic carbocycles. The second-order valence-electron chi connectivity index (χ2n) is 14.6. The van der Waals surface area contributed by atoms with Gasteiger partial charge in [0, 0.05) is 19.3 Å². The maximum atomic E-state index is 12.7. The molecule has 310 valence electrons. The third-order valence-corrected chi connectivity index (χ3v) is 9.24. The zero-order valence-electron chi connectivity index (χ0n) is 35.2. The number of ether oxygens (including phenoxy) is 3. The van der Waals surface area contributed by atoms with Crippen molar-refractivity contribution in [2.24, 2.45) is 0 Å². The summed E-state index contributed by atoms with van der Waals surface area (Å²) in [5.41, 5.74) is 0. The van der Waals surface area contributed by atoms with Gasteiger partial charge >= 0.3 is 17.9 Å². The van der Waals surface area contributed by atoms with Gasteiger partial charge in [-0.05, 0) is 83.5 Å². The van der Waals surface area contributed by atoms with E-state index in [4.69, 9.17) is 14.2 Å². The van der Waals surface area contributed by atoms with Crippen LogP contribution in [0.25, 0.3) is 0 Å². The number of unbranched alkanes of at least 4 members (excludes halogenated alkanes) is 18. The lowest BCUT2D eigenvalue weighted by molar-refractivity contribution is -0.166. The van der Waals surface area contributed by atoms with Crippen molar-refractivity contribution in [1.29, 1.82) is 0 Å². The van der Waals surface area contributed by atoms with Gasteiger partial charge < -0.3 is 14.2 Å². The molecule has 0 fully saturated rings. The number of rotatable bonds is 39. The summed E-state index contributed by atoms with van der Waals surface area (Å²) in [6.07, 6.45) is 50.8. The largest absolute Gasteiger partial charge is 0.462 e. The summed E-state index contributed by atoms with van der Waals surface area (Å²) in [6, 6.07) is 0. The summed E-state index contributed by atoms with van der Waals surface area (Å²) in [6.45, 7) is 6.38. The lowest BCUT2D eigenvalue weighted by Gasteiger charge is -2.18. The number of carbonyl (C=O) groups excluding carboxylic acids is 3. The van der Waals surface area contributed by atoms with E-state index >= 15 is 0 Å². The monoisotopic (exact) mass is 755 g/mol. The minimum absolute atomic E-state index is 0.110. The van der Waals surface area contributed by atoms with Gasteiger partial charge in [0.1, 0.15) is 13.2 Å². The summed E-state index contributed by atoms with van der Waals surface area (Å²) in [5.74, 6) is -1.03. The molecule has 0 spiro atoms. The second kappa shape index (κ2) is 42.8. The first-order chi connectivity index (χ1) is 26.5. The van der Waals surface area contributed by atoms with Gasteiger partial charge in [0.2, 0.25) is 0 Å². The highest BCUT2D eigenvalue weighted by atomic mass is 16.6. The van der Waals surface area contributed by atoms with Crippen molar-refractivity contribution in [3.05, 3.63) is 60.8 Å². The zero-order chi connectivity index (χ0) is 39.4. The quantitative estimate of drug-likeness (QED) is 0.0269. The fourth-order valence-corrected chi connectivity index (χ4v) is 5.89. The Morgan fingerprint density at radius 3 is 1.30 bits per heavy atom. The van der Waals surface area contributed by atoms with Crippen LogP contribution in [0.2, 0.25) is 0 Å². The van der Waals surface area contributed by atoms with Gasteiger partial charge in [-0.3, -0.25) is 14.4 Å². The smallest absolute Gasteiger partial charge is 0.306 e. The Morgan fingerprint density at radius 1 is 0.389 bits per heavy atom. The topological polar surface area (TPSA) is 78.9 Å². The number of allylic oxidation sites excluding steroid dienone is 10. The molecular weight excluding hydrogens is 673 g/mol. The van der Waals surface area contributed by atoms with Gasteiger partial charge in [0.15, 0.2) is 6.10 Å². The Kier molecular flexibility index (Phi) is 40.6. The van der Waals surface area contributed by atoms with Crippen LogP contribution >= 0.6 is 0 Å². The van der Waals surface area contributed by atoms with Crippen LogP contribution in [0, 0.1) is 0 Å². The summed E-state index contributed by atoms with van der Waals surface area (Å²) in [7, 11) is 0. The molecule has 0 heterocycles. The lowest BCUT2D eigenvalue weighted by Crippen LogP contribution is -2.30. The van der Waals surface area contributed by atoms with Gasteiger partial charge in [0.05, 0.1) is 0 Å².